The van der Waals surface area contributed by atoms with E-state index >= 15 is 0 Å². The third kappa shape index (κ3) is 5.90. The number of hydrogen-bond acceptors (Lipinski definition) is 6. The summed E-state index contributed by atoms with van der Waals surface area (Å²) in [4.78, 5) is 22.8. The summed E-state index contributed by atoms with van der Waals surface area (Å²) in [6.07, 6.45) is 1.83. The van der Waals surface area contributed by atoms with Crippen molar-refractivity contribution >= 4 is 23.5 Å². The minimum atomic E-state index is -0.288. The standard InChI is InChI=1S/C19H23FN4O2S/c1-13-9-24(10-14(2)26-13)17-7-19(23-12-22-17)27-11-18(25)21-8-15-3-5-16(20)6-4-15/h3-7,12-14H,8-11H2,1-2H3,(H,21,25). The highest BCUT2D eigenvalue weighted by atomic mass is 32.2. The number of benzene rings is 1. The van der Waals surface area contributed by atoms with E-state index in [-0.39, 0.29) is 29.7 Å². The summed E-state index contributed by atoms with van der Waals surface area (Å²) < 4.78 is 18.6. The van der Waals surface area contributed by atoms with E-state index < -0.39 is 0 Å². The summed E-state index contributed by atoms with van der Waals surface area (Å²) in [7, 11) is 0. The molecule has 1 saturated heterocycles. The maximum atomic E-state index is 12.9. The first-order chi connectivity index (χ1) is 13.0. The highest BCUT2D eigenvalue weighted by Gasteiger charge is 2.23. The van der Waals surface area contributed by atoms with Gasteiger partial charge in [-0.05, 0) is 31.5 Å². The number of halogens is 1. The van der Waals surface area contributed by atoms with E-state index in [1.54, 1.807) is 12.1 Å². The average molecular weight is 390 g/mol. The van der Waals surface area contributed by atoms with E-state index in [1.807, 2.05) is 19.9 Å². The molecule has 27 heavy (non-hydrogen) atoms. The van der Waals surface area contributed by atoms with Gasteiger partial charge in [-0.25, -0.2) is 14.4 Å². The second-order valence-corrected chi connectivity index (χ2v) is 7.56. The number of carbonyl (C=O) groups excluding carboxylic acids is 1. The Morgan fingerprint density at radius 1 is 1.26 bits per heavy atom. The molecule has 2 aromatic rings. The quantitative estimate of drug-likeness (QED) is 0.604. The maximum Gasteiger partial charge on any atom is 0.230 e. The van der Waals surface area contributed by atoms with Crippen LogP contribution in [-0.2, 0) is 16.1 Å². The van der Waals surface area contributed by atoms with Crippen LogP contribution in [0.2, 0.25) is 0 Å². The van der Waals surface area contributed by atoms with Crippen LogP contribution in [0, 0.1) is 5.82 Å². The lowest BCUT2D eigenvalue weighted by atomic mass is 10.2. The molecule has 8 heteroatoms. The molecule has 0 aliphatic carbocycles. The van der Waals surface area contributed by atoms with Crippen LogP contribution >= 0.6 is 11.8 Å². The maximum absolute atomic E-state index is 12.9. The molecule has 1 N–H and O–H groups in total. The number of aromatic nitrogens is 2. The minimum absolute atomic E-state index is 0.0990. The molecule has 1 aromatic heterocycles. The van der Waals surface area contributed by atoms with Gasteiger partial charge >= 0.3 is 0 Å². The molecule has 0 bridgehead atoms. The molecule has 144 valence electrons. The Hall–Kier alpha value is -2.19. The van der Waals surface area contributed by atoms with Crippen molar-refractivity contribution in [2.75, 3.05) is 23.7 Å². The number of nitrogens with zero attached hydrogens (tertiary/aromatic N) is 3. The fourth-order valence-corrected chi connectivity index (χ4v) is 3.63. The summed E-state index contributed by atoms with van der Waals surface area (Å²) in [5, 5.41) is 3.58. The molecule has 2 unspecified atom stereocenters. The molecular weight excluding hydrogens is 367 g/mol. The van der Waals surface area contributed by atoms with E-state index in [9.17, 15) is 9.18 Å². The van der Waals surface area contributed by atoms with Gasteiger partial charge in [0.05, 0.1) is 18.0 Å². The molecular formula is C19H23FN4O2S. The SMILES string of the molecule is CC1CN(c2cc(SCC(=O)NCc3ccc(F)cc3)ncn2)CC(C)O1. The van der Waals surface area contributed by atoms with E-state index in [0.717, 1.165) is 29.5 Å². The Bertz CT molecular complexity index is 765. The normalized spacial score (nSPS) is 19.7. The zero-order chi connectivity index (χ0) is 19.2. The van der Waals surface area contributed by atoms with Crippen LogP contribution in [0.1, 0.15) is 19.4 Å². The molecule has 3 rings (SSSR count). The zero-order valence-corrected chi connectivity index (χ0v) is 16.2. The fourth-order valence-electron chi connectivity index (χ4n) is 2.94. The molecule has 1 aromatic carbocycles. The highest BCUT2D eigenvalue weighted by molar-refractivity contribution is 7.99. The smallest absolute Gasteiger partial charge is 0.230 e. The van der Waals surface area contributed by atoms with Gasteiger partial charge < -0.3 is 15.0 Å². The van der Waals surface area contributed by atoms with Crippen molar-refractivity contribution in [3.8, 4) is 0 Å². The van der Waals surface area contributed by atoms with Crippen LogP contribution < -0.4 is 10.2 Å². The van der Waals surface area contributed by atoms with Crippen molar-refractivity contribution in [2.45, 2.75) is 37.6 Å². The lowest BCUT2D eigenvalue weighted by Gasteiger charge is -2.36. The van der Waals surface area contributed by atoms with E-state index in [1.165, 1.54) is 30.2 Å². The van der Waals surface area contributed by atoms with Gasteiger partial charge in [-0.2, -0.15) is 0 Å². The second-order valence-electron chi connectivity index (χ2n) is 6.57. The first-order valence-corrected chi connectivity index (χ1v) is 9.84. The Labute approximate surface area is 162 Å². The number of ether oxygens (including phenoxy) is 1. The monoisotopic (exact) mass is 390 g/mol. The summed E-state index contributed by atoms with van der Waals surface area (Å²) >= 11 is 1.36. The van der Waals surface area contributed by atoms with Gasteiger partial charge in [0.25, 0.3) is 0 Å². The number of carbonyl (C=O) groups is 1. The van der Waals surface area contributed by atoms with Crippen molar-refractivity contribution in [1.29, 1.82) is 0 Å². The molecule has 0 saturated carbocycles. The molecule has 1 aliphatic heterocycles. The third-order valence-corrected chi connectivity index (χ3v) is 5.05. The van der Waals surface area contributed by atoms with Gasteiger partial charge in [0.2, 0.25) is 5.91 Å². The molecule has 0 spiro atoms. The predicted octanol–water partition coefficient (Wildman–Crippen LogP) is 2.64. The van der Waals surface area contributed by atoms with Crippen LogP contribution in [0.5, 0.6) is 0 Å². The highest BCUT2D eigenvalue weighted by Crippen LogP contribution is 2.22. The Morgan fingerprint density at radius 3 is 2.67 bits per heavy atom. The molecule has 1 amide bonds. The first kappa shape index (κ1) is 19.6. The number of rotatable bonds is 6. The summed E-state index contributed by atoms with van der Waals surface area (Å²) in [5.74, 6) is 0.719. The van der Waals surface area contributed by atoms with Crippen LogP contribution in [0.4, 0.5) is 10.2 Å². The second kappa shape index (κ2) is 9.14. The van der Waals surface area contributed by atoms with E-state index in [4.69, 9.17) is 4.74 Å². The van der Waals surface area contributed by atoms with Gasteiger partial charge in [0.1, 0.15) is 23.0 Å². The summed E-state index contributed by atoms with van der Waals surface area (Å²) in [6, 6.07) is 7.98. The molecule has 6 nitrogen and oxygen atoms in total. The number of nitrogens with one attached hydrogen (secondary N) is 1. The average Bonchev–Trinajstić information content (AvgIpc) is 2.65. The number of thioether (sulfide) groups is 1. The largest absolute Gasteiger partial charge is 0.372 e. The Balaban J connectivity index is 1.50. The first-order valence-electron chi connectivity index (χ1n) is 8.86. The Morgan fingerprint density at radius 2 is 1.96 bits per heavy atom. The lowest BCUT2D eigenvalue weighted by molar-refractivity contribution is -0.118. The zero-order valence-electron chi connectivity index (χ0n) is 15.4. The van der Waals surface area contributed by atoms with E-state index in [2.05, 4.69) is 20.2 Å². The van der Waals surface area contributed by atoms with Crippen molar-refractivity contribution in [3.63, 3.8) is 0 Å². The number of anilines is 1. The molecule has 2 atom stereocenters. The van der Waals surface area contributed by atoms with Gasteiger partial charge in [0.15, 0.2) is 0 Å². The minimum Gasteiger partial charge on any atom is -0.372 e. The van der Waals surface area contributed by atoms with Crippen LogP contribution in [0.3, 0.4) is 0 Å². The van der Waals surface area contributed by atoms with Crippen LogP contribution in [-0.4, -0.2) is 46.9 Å². The lowest BCUT2D eigenvalue weighted by Crippen LogP contribution is -2.45. The summed E-state index contributed by atoms with van der Waals surface area (Å²) in [6.45, 7) is 6.03. The van der Waals surface area contributed by atoms with E-state index in [0.29, 0.717) is 6.54 Å². The number of morpholine rings is 1. The van der Waals surface area contributed by atoms with Crippen LogP contribution in [0.25, 0.3) is 0 Å². The van der Waals surface area contributed by atoms with Gasteiger partial charge in [-0.3, -0.25) is 4.79 Å². The molecule has 1 aliphatic rings. The number of amides is 1. The summed E-state index contributed by atoms with van der Waals surface area (Å²) in [5.41, 5.74) is 0.856. The van der Waals surface area contributed by atoms with Crippen molar-refractivity contribution < 1.29 is 13.9 Å². The topological polar surface area (TPSA) is 67.4 Å². The predicted molar refractivity (Wildman–Crippen MR) is 103 cm³/mol. The van der Waals surface area contributed by atoms with Crippen molar-refractivity contribution in [1.82, 2.24) is 15.3 Å². The van der Waals surface area contributed by atoms with Gasteiger partial charge in [0, 0.05) is 25.7 Å². The molecule has 0 radical (unpaired) electrons. The van der Waals surface area contributed by atoms with Gasteiger partial charge in [-0.1, -0.05) is 23.9 Å². The molecule has 1 fully saturated rings. The van der Waals surface area contributed by atoms with Crippen LogP contribution in [0.15, 0.2) is 41.7 Å². The Kier molecular flexibility index (Phi) is 6.63. The van der Waals surface area contributed by atoms with Gasteiger partial charge in [-0.15, -0.1) is 0 Å². The fraction of sp³-hybridized carbons (Fsp3) is 0.421. The third-order valence-electron chi connectivity index (χ3n) is 4.13. The number of hydrogen-bond donors (Lipinski definition) is 1. The molecule has 2 heterocycles. The van der Waals surface area contributed by atoms with Crippen molar-refractivity contribution in [2.24, 2.45) is 0 Å². The van der Waals surface area contributed by atoms with Crippen molar-refractivity contribution in [3.05, 3.63) is 48.0 Å².